The van der Waals surface area contributed by atoms with E-state index in [1.165, 1.54) is 6.42 Å². The molecule has 0 bridgehead atoms. The van der Waals surface area contributed by atoms with Gasteiger partial charge >= 0.3 is 5.97 Å². The van der Waals surface area contributed by atoms with Crippen LogP contribution in [0, 0.1) is 17.3 Å². The summed E-state index contributed by atoms with van der Waals surface area (Å²) in [5.74, 6) is 1.44. The number of likely N-dealkylation sites (tertiary alicyclic amines) is 1. The van der Waals surface area contributed by atoms with Crippen LogP contribution in [0.2, 0.25) is 15.1 Å². The Bertz CT molecular complexity index is 1200. The molecule has 2 saturated heterocycles. The topological polar surface area (TPSA) is 102 Å². The van der Waals surface area contributed by atoms with Crippen LogP contribution in [0.4, 0.5) is 11.8 Å². The number of aliphatic hydroxyl groups is 1. The molecule has 0 amide bonds. The highest BCUT2D eigenvalue weighted by molar-refractivity contribution is 6.35. The molecule has 2 atom stereocenters. The van der Waals surface area contributed by atoms with E-state index in [1.807, 2.05) is 19.9 Å². The Kier molecular flexibility index (Phi) is 8.00. The van der Waals surface area contributed by atoms with Crippen LogP contribution in [0.5, 0.6) is 0 Å². The number of halogens is 3. The summed E-state index contributed by atoms with van der Waals surface area (Å²) in [5, 5.41) is 24.1. The molecule has 8 nitrogen and oxygen atoms in total. The van der Waals surface area contributed by atoms with Crippen molar-refractivity contribution in [3.05, 3.63) is 44.5 Å². The van der Waals surface area contributed by atoms with Gasteiger partial charge in [0.25, 0.3) is 0 Å². The van der Waals surface area contributed by atoms with Gasteiger partial charge in [-0.15, -0.1) is 0 Å². The number of aliphatic hydroxyl groups excluding tert-OH is 1. The lowest BCUT2D eigenvalue weighted by Gasteiger charge is -2.52. The van der Waals surface area contributed by atoms with Crippen molar-refractivity contribution in [1.82, 2.24) is 14.9 Å². The van der Waals surface area contributed by atoms with Gasteiger partial charge in [0.1, 0.15) is 5.02 Å². The highest BCUT2D eigenvalue weighted by atomic mass is 35.5. The second-order valence-electron chi connectivity index (χ2n) is 11.3. The van der Waals surface area contributed by atoms with Crippen molar-refractivity contribution in [2.24, 2.45) is 17.3 Å². The minimum atomic E-state index is -0.679. The van der Waals surface area contributed by atoms with Gasteiger partial charge in [0.05, 0.1) is 23.8 Å². The van der Waals surface area contributed by atoms with E-state index in [4.69, 9.17) is 39.8 Å². The van der Waals surface area contributed by atoms with Crippen LogP contribution in [0.25, 0.3) is 0 Å². The number of aliphatic carboxylic acids is 1. The number of benzene rings is 1. The molecule has 3 N–H and O–H groups in total. The molecule has 0 spiro atoms. The van der Waals surface area contributed by atoms with Crippen LogP contribution >= 0.6 is 34.8 Å². The van der Waals surface area contributed by atoms with Gasteiger partial charge < -0.3 is 25.3 Å². The molecule has 1 aromatic carbocycles. The van der Waals surface area contributed by atoms with Crippen molar-refractivity contribution in [2.45, 2.75) is 58.2 Å². The Balaban J connectivity index is 1.23. The molecule has 5 rings (SSSR count). The predicted octanol–water partition coefficient (Wildman–Crippen LogP) is 5.50. The minimum Gasteiger partial charge on any atom is -0.481 e. The van der Waals surface area contributed by atoms with Crippen molar-refractivity contribution < 1.29 is 15.0 Å². The number of piperidine rings is 1. The SMILES string of the molecule is CC(Nc1nc(N2CC(C3CCCN(C4CC(C)(C(=O)O)C4)C3)C2)nc(CO)c1Cl)c1ccc(Cl)cc1Cl. The number of aromatic nitrogens is 2. The third-order valence-electron chi connectivity index (χ3n) is 8.59. The van der Waals surface area contributed by atoms with Crippen molar-refractivity contribution in [3.63, 3.8) is 0 Å². The summed E-state index contributed by atoms with van der Waals surface area (Å²) in [6, 6.07) is 5.54. The summed E-state index contributed by atoms with van der Waals surface area (Å²) in [7, 11) is 0. The van der Waals surface area contributed by atoms with Gasteiger partial charge in [0.15, 0.2) is 5.82 Å². The van der Waals surface area contributed by atoms with Gasteiger partial charge in [-0.3, -0.25) is 4.79 Å². The quantitative estimate of drug-likeness (QED) is 0.375. The molecule has 3 aliphatic rings. The first kappa shape index (κ1) is 27.7. The average Bonchev–Trinajstić information content (AvgIpc) is 2.82. The zero-order valence-electron chi connectivity index (χ0n) is 21.6. The van der Waals surface area contributed by atoms with Crippen molar-refractivity contribution in [3.8, 4) is 0 Å². The predicted molar refractivity (Wildman–Crippen MR) is 150 cm³/mol. The first-order chi connectivity index (χ1) is 18.1. The molecule has 206 valence electrons. The lowest BCUT2D eigenvalue weighted by atomic mass is 9.65. The molecular weight excluding hydrogens is 549 g/mol. The molecular formula is C27H34Cl3N5O3. The standard InChI is InChI=1S/C27H34Cl3N5O3/c1-15(20-6-5-18(28)8-21(20)29)31-24-23(30)22(14-36)32-26(33-24)35-12-17(13-35)16-4-3-7-34(11-16)19-9-27(2,10-19)25(37)38/h5-6,8,15-17,19,36H,3-4,7,9-14H2,1-2H3,(H,37,38)(H,31,32,33). The fraction of sp³-hybridized carbons (Fsp3) is 0.593. The van der Waals surface area contributed by atoms with E-state index in [9.17, 15) is 15.0 Å². The first-order valence-electron chi connectivity index (χ1n) is 13.2. The summed E-state index contributed by atoms with van der Waals surface area (Å²) in [6.45, 7) is 7.30. The maximum atomic E-state index is 11.5. The zero-order chi connectivity index (χ0) is 27.2. The molecule has 1 saturated carbocycles. The largest absolute Gasteiger partial charge is 0.481 e. The number of nitrogens with zero attached hydrogens (tertiary/aromatic N) is 4. The molecule has 2 aliphatic heterocycles. The van der Waals surface area contributed by atoms with Gasteiger partial charge in [-0.2, -0.15) is 4.98 Å². The van der Waals surface area contributed by atoms with E-state index >= 15 is 0 Å². The van der Waals surface area contributed by atoms with Crippen LogP contribution in [0.3, 0.4) is 0 Å². The number of carboxylic acid groups (broad SMARTS) is 1. The second-order valence-corrected chi connectivity index (χ2v) is 12.5. The summed E-state index contributed by atoms with van der Waals surface area (Å²) in [5.41, 5.74) is 0.676. The number of carboxylic acids is 1. The van der Waals surface area contributed by atoms with Crippen LogP contribution in [-0.4, -0.2) is 63.3 Å². The van der Waals surface area contributed by atoms with Crippen molar-refractivity contribution in [1.29, 1.82) is 0 Å². The highest BCUT2D eigenvalue weighted by Gasteiger charge is 2.49. The van der Waals surface area contributed by atoms with Gasteiger partial charge in [-0.25, -0.2) is 4.98 Å². The zero-order valence-corrected chi connectivity index (χ0v) is 23.9. The van der Waals surface area contributed by atoms with Gasteiger partial charge in [-0.1, -0.05) is 40.9 Å². The van der Waals surface area contributed by atoms with Crippen molar-refractivity contribution >= 4 is 52.5 Å². The van der Waals surface area contributed by atoms with E-state index in [0.717, 1.165) is 51.0 Å². The monoisotopic (exact) mass is 581 g/mol. The lowest BCUT2D eigenvalue weighted by molar-refractivity contribution is -0.158. The minimum absolute atomic E-state index is 0.196. The maximum absolute atomic E-state index is 11.5. The Morgan fingerprint density at radius 2 is 1.92 bits per heavy atom. The third-order valence-corrected chi connectivity index (χ3v) is 9.55. The number of hydrogen-bond acceptors (Lipinski definition) is 7. The Labute approximate surface area is 238 Å². The first-order valence-corrected chi connectivity index (χ1v) is 14.3. The summed E-state index contributed by atoms with van der Waals surface area (Å²) >= 11 is 19.0. The number of carbonyl (C=O) groups is 1. The van der Waals surface area contributed by atoms with Crippen LogP contribution in [-0.2, 0) is 11.4 Å². The Morgan fingerprint density at radius 3 is 2.58 bits per heavy atom. The number of rotatable bonds is 8. The molecule has 38 heavy (non-hydrogen) atoms. The number of anilines is 2. The highest BCUT2D eigenvalue weighted by Crippen LogP contribution is 2.45. The van der Waals surface area contributed by atoms with E-state index in [0.29, 0.717) is 50.4 Å². The lowest BCUT2D eigenvalue weighted by Crippen LogP contribution is -2.58. The summed E-state index contributed by atoms with van der Waals surface area (Å²) in [6.07, 6.45) is 3.81. The van der Waals surface area contributed by atoms with Gasteiger partial charge in [-0.05, 0) is 75.6 Å². The fourth-order valence-electron chi connectivity index (χ4n) is 6.10. The maximum Gasteiger partial charge on any atom is 0.309 e. The third kappa shape index (κ3) is 5.43. The molecule has 3 fully saturated rings. The molecule has 11 heteroatoms. The molecule has 0 radical (unpaired) electrons. The van der Waals surface area contributed by atoms with E-state index in [2.05, 4.69) is 20.1 Å². The molecule has 2 unspecified atom stereocenters. The Morgan fingerprint density at radius 1 is 1.18 bits per heavy atom. The smallest absolute Gasteiger partial charge is 0.309 e. The van der Waals surface area contributed by atoms with Crippen LogP contribution in [0.1, 0.15) is 56.8 Å². The van der Waals surface area contributed by atoms with E-state index in [-0.39, 0.29) is 12.6 Å². The summed E-state index contributed by atoms with van der Waals surface area (Å²) in [4.78, 5) is 25.4. The molecule has 1 aromatic heterocycles. The second kappa shape index (κ2) is 11.0. The average molecular weight is 583 g/mol. The van der Waals surface area contributed by atoms with Crippen LogP contribution in [0.15, 0.2) is 18.2 Å². The molecule has 3 heterocycles. The van der Waals surface area contributed by atoms with Crippen LogP contribution < -0.4 is 10.2 Å². The fourth-order valence-corrected chi connectivity index (χ4v) is 6.87. The molecule has 2 aromatic rings. The molecule has 1 aliphatic carbocycles. The number of nitrogens with one attached hydrogen (secondary N) is 1. The van der Waals surface area contributed by atoms with E-state index < -0.39 is 11.4 Å². The summed E-state index contributed by atoms with van der Waals surface area (Å²) < 4.78 is 0. The van der Waals surface area contributed by atoms with E-state index in [1.54, 1.807) is 12.1 Å². The normalized spacial score (nSPS) is 26.9. The number of hydrogen-bond donors (Lipinski definition) is 3. The van der Waals surface area contributed by atoms with Crippen molar-refractivity contribution in [2.75, 3.05) is 36.4 Å². The van der Waals surface area contributed by atoms with Gasteiger partial charge in [0.2, 0.25) is 5.95 Å². The van der Waals surface area contributed by atoms with Gasteiger partial charge in [0, 0.05) is 35.7 Å². The Hall–Kier alpha value is -1.84.